The third-order valence-electron chi connectivity index (χ3n) is 2.91. The first-order chi connectivity index (χ1) is 9.87. The first kappa shape index (κ1) is 13.8. The highest BCUT2D eigenvalue weighted by molar-refractivity contribution is 7.93. The second-order valence-corrected chi connectivity index (χ2v) is 7.00. The second kappa shape index (κ2) is 4.71. The maximum Gasteiger partial charge on any atom is 0.419 e. The molecule has 0 unspecified atom stereocenters. The quantitative estimate of drug-likeness (QED) is 0.791. The van der Waals surface area contributed by atoms with E-state index >= 15 is 0 Å². The Hall–Kier alpha value is -2.13. The fourth-order valence-corrected chi connectivity index (χ4v) is 3.81. The number of aryl methyl sites for hydroxylation is 2. The van der Waals surface area contributed by atoms with Gasteiger partial charge in [-0.2, -0.15) is 0 Å². The number of thiazole rings is 1. The molecule has 0 radical (unpaired) electrons. The zero-order valence-corrected chi connectivity index (χ0v) is 12.8. The van der Waals surface area contributed by atoms with Crippen LogP contribution in [0.1, 0.15) is 5.69 Å². The van der Waals surface area contributed by atoms with Crippen LogP contribution in [0.3, 0.4) is 0 Å². The molecule has 0 aliphatic rings. The molecule has 0 saturated carbocycles. The molecule has 2 heterocycles. The number of sulfonamides is 1. The van der Waals surface area contributed by atoms with Gasteiger partial charge in [-0.05, 0) is 25.1 Å². The summed E-state index contributed by atoms with van der Waals surface area (Å²) >= 11 is 1.21. The van der Waals surface area contributed by atoms with Gasteiger partial charge in [-0.15, -0.1) is 11.3 Å². The van der Waals surface area contributed by atoms with Crippen LogP contribution in [0.25, 0.3) is 11.1 Å². The minimum atomic E-state index is -3.76. The molecule has 0 spiro atoms. The molecule has 9 heteroatoms. The molecule has 0 bridgehead atoms. The van der Waals surface area contributed by atoms with Crippen LogP contribution in [-0.4, -0.2) is 18.0 Å². The fourth-order valence-electron chi connectivity index (χ4n) is 1.85. The highest BCUT2D eigenvalue weighted by Crippen LogP contribution is 2.22. The summed E-state index contributed by atoms with van der Waals surface area (Å²) in [5.74, 6) is -0.539. The summed E-state index contributed by atoms with van der Waals surface area (Å²) in [7, 11) is -2.24. The van der Waals surface area contributed by atoms with Gasteiger partial charge in [0.05, 0.1) is 16.1 Å². The van der Waals surface area contributed by atoms with Crippen LogP contribution in [0, 0.1) is 6.92 Å². The van der Waals surface area contributed by atoms with Crippen molar-refractivity contribution in [1.82, 2.24) is 9.55 Å². The third kappa shape index (κ3) is 2.45. The van der Waals surface area contributed by atoms with Crippen LogP contribution in [0.5, 0.6) is 0 Å². The molecule has 0 aliphatic carbocycles. The molecule has 0 amide bonds. The minimum Gasteiger partial charge on any atom is -0.408 e. The van der Waals surface area contributed by atoms with Gasteiger partial charge in [0.2, 0.25) is 0 Å². The van der Waals surface area contributed by atoms with E-state index in [0.717, 1.165) is 5.69 Å². The normalized spacial score (nSPS) is 11.9. The lowest BCUT2D eigenvalue weighted by Crippen LogP contribution is -2.13. The van der Waals surface area contributed by atoms with Crippen molar-refractivity contribution in [3.8, 4) is 0 Å². The van der Waals surface area contributed by atoms with Gasteiger partial charge >= 0.3 is 5.76 Å². The van der Waals surface area contributed by atoms with E-state index in [0.29, 0.717) is 16.2 Å². The zero-order chi connectivity index (χ0) is 15.2. The topological polar surface area (TPSA) is 94.2 Å². The lowest BCUT2D eigenvalue weighted by Gasteiger charge is -2.05. The Morgan fingerprint density at radius 3 is 2.81 bits per heavy atom. The molecule has 7 nitrogen and oxygen atoms in total. The summed E-state index contributed by atoms with van der Waals surface area (Å²) in [5.41, 5.74) is 1.50. The van der Waals surface area contributed by atoms with Crippen LogP contribution in [0.2, 0.25) is 0 Å². The summed E-state index contributed by atoms with van der Waals surface area (Å²) in [5, 5.41) is 2.05. The Balaban J connectivity index is 2.06. The number of nitrogens with zero attached hydrogens (tertiary/aromatic N) is 2. The van der Waals surface area contributed by atoms with Gasteiger partial charge in [-0.1, -0.05) is 0 Å². The van der Waals surface area contributed by atoms with Gasteiger partial charge in [0, 0.05) is 12.4 Å². The molecule has 3 aromatic rings. The van der Waals surface area contributed by atoms with Gasteiger partial charge in [-0.25, -0.2) is 18.2 Å². The Bertz CT molecular complexity index is 982. The van der Waals surface area contributed by atoms with Crippen LogP contribution in [0.15, 0.2) is 37.7 Å². The summed E-state index contributed by atoms with van der Waals surface area (Å²) in [6, 6.07) is 4.23. The predicted molar refractivity (Wildman–Crippen MR) is 79.1 cm³/mol. The van der Waals surface area contributed by atoms with E-state index < -0.39 is 15.8 Å². The summed E-state index contributed by atoms with van der Waals surface area (Å²) in [4.78, 5) is 15.5. The monoisotopic (exact) mass is 325 g/mol. The average Bonchev–Trinajstić information content (AvgIpc) is 2.94. The van der Waals surface area contributed by atoms with Crippen LogP contribution in [-0.2, 0) is 17.1 Å². The molecule has 0 atom stereocenters. The Kier molecular flexibility index (Phi) is 3.10. The molecule has 0 saturated heterocycles. The SMILES string of the molecule is Cc1csc(NS(=O)(=O)c2ccc3oc(=O)n(C)c3c2)n1. The fraction of sp³-hybridized carbons (Fsp3) is 0.167. The summed E-state index contributed by atoms with van der Waals surface area (Å²) in [6.07, 6.45) is 0. The lowest BCUT2D eigenvalue weighted by molar-refractivity contribution is 0.528. The third-order valence-corrected chi connectivity index (χ3v) is 5.26. The summed E-state index contributed by atoms with van der Waals surface area (Å²) in [6.45, 7) is 1.78. The van der Waals surface area contributed by atoms with Crippen molar-refractivity contribution in [2.24, 2.45) is 7.05 Å². The van der Waals surface area contributed by atoms with E-state index in [2.05, 4.69) is 9.71 Å². The maximum atomic E-state index is 12.3. The van der Waals surface area contributed by atoms with Gasteiger partial charge in [0.15, 0.2) is 10.7 Å². The Labute approximate surface area is 123 Å². The van der Waals surface area contributed by atoms with Gasteiger partial charge in [0.1, 0.15) is 0 Å². The number of fused-ring (bicyclic) bond motifs is 1. The number of oxazole rings is 1. The van der Waals surface area contributed by atoms with E-state index in [1.807, 2.05) is 0 Å². The number of hydrogen-bond donors (Lipinski definition) is 1. The van der Waals surface area contributed by atoms with Crippen molar-refractivity contribution in [3.63, 3.8) is 0 Å². The number of aromatic nitrogens is 2. The van der Waals surface area contributed by atoms with E-state index in [4.69, 9.17) is 4.42 Å². The molecular formula is C12H11N3O4S2. The van der Waals surface area contributed by atoms with Crippen LogP contribution in [0.4, 0.5) is 5.13 Å². The molecule has 2 aromatic heterocycles. The molecular weight excluding hydrogens is 314 g/mol. The average molecular weight is 325 g/mol. The first-order valence-corrected chi connectivity index (χ1v) is 8.27. The van der Waals surface area contributed by atoms with Crippen molar-refractivity contribution in [1.29, 1.82) is 0 Å². The zero-order valence-electron chi connectivity index (χ0n) is 11.2. The van der Waals surface area contributed by atoms with Crippen LogP contribution >= 0.6 is 11.3 Å². The largest absolute Gasteiger partial charge is 0.419 e. The van der Waals surface area contributed by atoms with Crippen molar-refractivity contribution in [3.05, 3.63) is 39.8 Å². The maximum absolute atomic E-state index is 12.3. The van der Waals surface area contributed by atoms with E-state index in [9.17, 15) is 13.2 Å². The lowest BCUT2D eigenvalue weighted by atomic mass is 10.3. The van der Waals surface area contributed by atoms with Gasteiger partial charge < -0.3 is 4.42 Å². The molecule has 110 valence electrons. The first-order valence-electron chi connectivity index (χ1n) is 5.91. The van der Waals surface area contributed by atoms with E-state index in [-0.39, 0.29) is 4.90 Å². The molecule has 3 rings (SSSR count). The standard InChI is InChI=1S/C12H11N3O4S2/c1-7-6-20-11(13-7)14-21(17,18)8-3-4-10-9(5-8)15(2)12(16)19-10/h3-6H,1-2H3,(H,13,14). The minimum absolute atomic E-state index is 0.0410. The molecule has 1 aromatic carbocycles. The van der Waals surface area contributed by atoms with Crippen molar-refractivity contribution in [2.75, 3.05) is 4.72 Å². The molecule has 0 aliphatic heterocycles. The van der Waals surface area contributed by atoms with Crippen molar-refractivity contribution < 1.29 is 12.8 Å². The Morgan fingerprint density at radius 1 is 1.38 bits per heavy atom. The van der Waals surface area contributed by atoms with Crippen LogP contribution < -0.4 is 10.5 Å². The Morgan fingerprint density at radius 2 is 2.14 bits per heavy atom. The highest BCUT2D eigenvalue weighted by atomic mass is 32.2. The molecule has 1 N–H and O–H groups in total. The number of benzene rings is 1. The number of nitrogens with one attached hydrogen (secondary N) is 1. The second-order valence-electron chi connectivity index (χ2n) is 4.46. The molecule has 21 heavy (non-hydrogen) atoms. The van der Waals surface area contributed by atoms with E-state index in [1.54, 1.807) is 12.3 Å². The smallest absolute Gasteiger partial charge is 0.408 e. The predicted octanol–water partition coefficient (Wildman–Crippen LogP) is 1.70. The van der Waals surface area contributed by atoms with Crippen molar-refractivity contribution >= 4 is 37.6 Å². The number of anilines is 1. The molecule has 0 fully saturated rings. The number of rotatable bonds is 3. The number of hydrogen-bond acceptors (Lipinski definition) is 6. The van der Waals surface area contributed by atoms with Gasteiger partial charge in [-0.3, -0.25) is 9.29 Å². The van der Waals surface area contributed by atoms with Crippen molar-refractivity contribution in [2.45, 2.75) is 11.8 Å². The van der Waals surface area contributed by atoms with Gasteiger partial charge in [0.25, 0.3) is 10.0 Å². The van der Waals surface area contributed by atoms with E-state index in [1.165, 1.54) is 41.2 Å². The highest BCUT2D eigenvalue weighted by Gasteiger charge is 2.18. The summed E-state index contributed by atoms with van der Waals surface area (Å²) < 4.78 is 33.3.